The third-order valence-corrected chi connectivity index (χ3v) is 5.39. The lowest BCUT2D eigenvalue weighted by Crippen LogP contribution is -2.36. The van der Waals surface area contributed by atoms with Crippen molar-refractivity contribution in [3.05, 3.63) is 30.0 Å². The molecule has 1 amide bonds. The van der Waals surface area contributed by atoms with Crippen molar-refractivity contribution in [3.8, 4) is 11.5 Å². The van der Waals surface area contributed by atoms with Gasteiger partial charge in [-0.25, -0.2) is 0 Å². The van der Waals surface area contributed by atoms with Crippen molar-refractivity contribution in [3.63, 3.8) is 0 Å². The van der Waals surface area contributed by atoms with Gasteiger partial charge in [-0.3, -0.25) is 14.4 Å². The zero-order valence-corrected chi connectivity index (χ0v) is 19.0. The van der Waals surface area contributed by atoms with E-state index in [-0.39, 0.29) is 30.1 Å². The van der Waals surface area contributed by atoms with Gasteiger partial charge in [-0.1, -0.05) is 33.3 Å². The summed E-state index contributed by atoms with van der Waals surface area (Å²) >= 11 is 0. The van der Waals surface area contributed by atoms with E-state index < -0.39 is 11.9 Å². The Balaban J connectivity index is 1.92. The number of carbonyl (C=O) groups excluding carboxylic acids is 3. The first-order chi connectivity index (χ1) is 14.7. The zero-order chi connectivity index (χ0) is 23.0. The number of rotatable bonds is 8. The standard InChI is InChI=1S/C24H33NO6/c1-15(2)20-8-6-16(3)12-22(20)29-14-24(28)25-11-10-19-7-9-21(30-17(4)26)23(13-19)31-18(5)27/h7,9-11,13,15-16,20,22H,6,8,12,14H2,1-5H3,(H,25,28). The molecule has 1 saturated carbocycles. The molecular weight excluding hydrogens is 398 g/mol. The van der Waals surface area contributed by atoms with Gasteiger partial charge in [0.05, 0.1) is 6.10 Å². The second-order valence-corrected chi connectivity index (χ2v) is 8.47. The smallest absolute Gasteiger partial charge is 0.308 e. The lowest BCUT2D eigenvalue weighted by molar-refractivity contribution is -0.134. The summed E-state index contributed by atoms with van der Waals surface area (Å²) in [5.74, 6) is 0.631. The zero-order valence-electron chi connectivity index (χ0n) is 19.0. The Labute approximate surface area is 184 Å². The number of carbonyl (C=O) groups is 3. The molecule has 1 aliphatic carbocycles. The fraction of sp³-hybridized carbons (Fsp3) is 0.542. The molecule has 170 valence electrons. The second-order valence-electron chi connectivity index (χ2n) is 8.47. The highest BCUT2D eigenvalue weighted by Crippen LogP contribution is 2.35. The van der Waals surface area contributed by atoms with E-state index in [4.69, 9.17) is 14.2 Å². The van der Waals surface area contributed by atoms with E-state index in [1.54, 1.807) is 18.2 Å². The Morgan fingerprint density at radius 2 is 1.77 bits per heavy atom. The van der Waals surface area contributed by atoms with Crippen LogP contribution in [0.2, 0.25) is 0 Å². The molecule has 1 fully saturated rings. The van der Waals surface area contributed by atoms with Gasteiger partial charge in [-0.05, 0) is 54.4 Å². The van der Waals surface area contributed by atoms with Gasteiger partial charge in [0, 0.05) is 20.0 Å². The van der Waals surface area contributed by atoms with Gasteiger partial charge in [0.2, 0.25) is 5.91 Å². The minimum absolute atomic E-state index is 0.00896. The summed E-state index contributed by atoms with van der Waals surface area (Å²) in [5.41, 5.74) is 0.661. The largest absolute Gasteiger partial charge is 0.423 e. The van der Waals surface area contributed by atoms with Crippen LogP contribution in [0.15, 0.2) is 24.4 Å². The van der Waals surface area contributed by atoms with Crippen LogP contribution in [0.5, 0.6) is 11.5 Å². The summed E-state index contributed by atoms with van der Waals surface area (Å²) < 4.78 is 16.1. The molecule has 0 spiro atoms. The van der Waals surface area contributed by atoms with Gasteiger partial charge in [-0.2, -0.15) is 0 Å². The lowest BCUT2D eigenvalue weighted by atomic mass is 9.75. The van der Waals surface area contributed by atoms with Crippen molar-refractivity contribution >= 4 is 23.9 Å². The summed E-state index contributed by atoms with van der Waals surface area (Å²) in [4.78, 5) is 34.7. The van der Waals surface area contributed by atoms with Crippen LogP contribution in [-0.2, 0) is 19.1 Å². The number of ether oxygens (including phenoxy) is 3. The summed E-state index contributed by atoms with van der Waals surface area (Å²) in [5, 5.41) is 2.70. The first kappa shape index (κ1) is 24.6. The first-order valence-corrected chi connectivity index (χ1v) is 10.7. The highest BCUT2D eigenvalue weighted by Gasteiger charge is 2.31. The molecule has 1 aliphatic rings. The monoisotopic (exact) mass is 431 g/mol. The number of amides is 1. The van der Waals surface area contributed by atoms with E-state index in [9.17, 15) is 14.4 Å². The van der Waals surface area contributed by atoms with E-state index in [1.807, 2.05) is 0 Å². The Morgan fingerprint density at radius 1 is 1.10 bits per heavy atom. The molecule has 0 heterocycles. The minimum Gasteiger partial charge on any atom is -0.423 e. The van der Waals surface area contributed by atoms with Crippen LogP contribution in [0.25, 0.3) is 6.08 Å². The maximum Gasteiger partial charge on any atom is 0.308 e. The van der Waals surface area contributed by atoms with E-state index in [0.29, 0.717) is 23.3 Å². The normalized spacial score (nSPS) is 21.2. The molecule has 0 aromatic heterocycles. The third kappa shape index (κ3) is 8.17. The molecule has 31 heavy (non-hydrogen) atoms. The van der Waals surface area contributed by atoms with Gasteiger partial charge < -0.3 is 19.5 Å². The Kier molecular flexibility index (Phi) is 9.24. The van der Waals surface area contributed by atoms with Crippen LogP contribution in [0.4, 0.5) is 0 Å². The molecule has 1 N–H and O–H groups in total. The second kappa shape index (κ2) is 11.6. The lowest BCUT2D eigenvalue weighted by Gasteiger charge is -2.37. The molecule has 3 atom stereocenters. The number of benzene rings is 1. The third-order valence-electron chi connectivity index (χ3n) is 5.39. The Hall–Kier alpha value is -2.67. The van der Waals surface area contributed by atoms with E-state index in [0.717, 1.165) is 12.8 Å². The van der Waals surface area contributed by atoms with Crippen molar-refractivity contribution in [1.29, 1.82) is 0 Å². The summed E-state index contributed by atoms with van der Waals surface area (Å²) in [6.07, 6.45) is 6.61. The molecular formula is C24H33NO6. The molecule has 7 nitrogen and oxygen atoms in total. The van der Waals surface area contributed by atoms with E-state index in [2.05, 4.69) is 26.1 Å². The van der Waals surface area contributed by atoms with Crippen LogP contribution >= 0.6 is 0 Å². The fourth-order valence-corrected chi connectivity index (χ4v) is 3.86. The fourth-order valence-electron chi connectivity index (χ4n) is 3.86. The molecule has 0 bridgehead atoms. The van der Waals surface area contributed by atoms with Crippen LogP contribution in [0.3, 0.4) is 0 Å². The SMILES string of the molecule is CC(=O)Oc1ccc(C=CNC(=O)COC2CC(C)CCC2C(C)C)cc1OC(C)=O. The Morgan fingerprint density at radius 3 is 2.42 bits per heavy atom. The minimum atomic E-state index is -0.531. The Bertz CT molecular complexity index is 816. The average molecular weight is 432 g/mol. The maximum atomic E-state index is 12.2. The molecule has 0 aliphatic heterocycles. The van der Waals surface area contributed by atoms with Crippen molar-refractivity contribution in [2.45, 2.75) is 60.0 Å². The van der Waals surface area contributed by atoms with Crippen molar-refractivity contribution in [1.82, 2.24) is 5.32 Å². The number of hydrogen-bond donors (Lipinski definition) is 1. The average Bonchev–Trinajstić information content (AvgIpc) is 2.67. The predicted octanol–water partition coefficient (Wildman–Crippen LogP) is 4.10. The molecule has 2 rings (SSSR count). The number of esters is 2. The van der Waals surface area contributed by atoms with E-state index >= 15 is 0 Å². The van der Waals surface area contributed by atoms with Crippen LogP contribution in [0.1, 0.15) is 59.4 Å². The van der Waals surface area contributed by atoms with Crippen molar-refractivity contribution in [2.75, 3.05) is 6.61 Å². The molecule has 0 saturated heterocycles. The topological polar surface area (TPSA) is 90.9 Å². The summed E-state index contributed by atoms with van der Waals surface area (Å²) in [6, 6.07) is 4.76. The maximum absolute atomic E-state index is 12.2. The molecule has 7 heteroatoms. The van der Waals surface area contributed by atoms with Crippen molar-refractivity contribution < 1.29 is 28.6 Å². The van der Waals surface area contributed by atoms with Gasteiger partial charge in [0.1, 0.15) is 6.61 Å². The van der Waals surface area contributed by atoms with Gasteiger partial charge in [0.15, 0.2) is 11.5 Å². The molecule has 1 aromatic rings. The van der Waals surface area contributed by atoms with Crippen LogP contribution < -0.4 is 14.8 Å². The van der Waals surface area contributed by atoms with Gasteiger partial charge in [-0.15, -0.1) is 0 Å². The summed E-state index contributed by atoms with van der Waals surface area (Å²) in [7, 11) is 0. The number of nitrogens with one attached hydrogen (secondary N) is 1. The molecule has 1 aromatic carbocycles. The molecule has 0 radical (unpaired) electrons. The predicted molar refractivity (Wildman–Crippen MR) is 117 cm³/mol. The highest BCUT2D eigenvalue weighted by molar-refractivity contribution is 5.79. The quantitative estimate of drug-likeness (QED) is 0.492. The van der Waals surface area contributed by atoms with Crippen LogP contribution in [-0.4, -0.2) is 30.6 Å². The van der Waals surface area contributed by atoms with Crippen LogP contribution in [0, 0.1) is 17.8 Å². The highest BCUT2D eigenvalue weighted by atomic mass is 16.6. The first-order valence-electron chi connectivity index (χ1n) is 10.7. The van der Waals surface area contributed by atoms with Gasteiger partial charge >= 0.3 is 11.9 Å². The van der Waals surface area contributed by atoms with Crippen molar-refractivity contribution in [2.24, 2.45) is 17.8 Å². The summed E-state index contributed by atoms with van der Waals surface area (Å²) in [6.45, 7) is 9.17. The van der Waals surface area contributed by atoms with E-state index in [1.165, 1.54) is 32.5 Å². The molecule has 3 unspecified atom stereocenters. The van der Waals surface area contributed by atoms with Gasteiger partial charge in [0.25, 0.3) is 0 Å². The number of hydrogen-bond acceptors (Lipinski definition) is 6.